The Hall–Kier alpha value is -4.42. The number of carboxylic acid groups (broad SMARTS) is 2. The summed E-state index contributed by atoms with van der Waals surface area (Å²) in [6, 6.07) is 2.95. The Morgan fingerprint density at radius 2 is 1.68 bits per heavy atom. The first-order valence-electron chi connectivity index (χ1n) is 12.1. The van der Waals surface area contributed by atoms with Crippen molar-refractivity contribution in [2.24, 2.45) is 5.73 Å². The molecule has 1 aromatic heterocycles. The van der Waals surface area contributed by atoms with E-state index >= 15 is 0 Å². The minimum Gasteiger partial charge on any atom is -0.481 e. The standard InChI is InChI=1S/C25H31N5O8/c1-3-38-25(37)30-10-8-29(9-11-30)24(36)15(5-7-18(31)32)22-21(26)16(12-19(33)34)20-13(2)14(23(27)35)4-6-17(20)28-22/h4,6,15H,3,5,7-12,26H2,1-2H3,(H2,27,35)(H,31,32)(H,33,34). The van der Waals surface area contributed by atoms with Crippen LogP contribution in [0.5, 0.6) is 0 Å². The van der Waals surface area contributed by atoms with E-state index in [1.165, 1.54) is 21.9 Å². The molecule has 1 fully saturated rings. The summed E-state index contributed by atoms with van der Waals surface area (Å²) in [6.07, 6.45) is -1.48. The number of carbonyl (C=O) groups excluding carboxylic acids is 3. The summed E-state index contributed by atoms with van der Waals surface area (Å²) in [5, 5.41) is 19.3. The van der Waals surface area contributed by atoms with Gasteiger partial charge in [0.05, 0.1) is 35.8 Å². The second-order valence-electron chi connectivity index (χ2n) is 8.95. The molecule has 3 rings (SSSR count). The summed E-state index contributed by atoms with van der Waals surface area (Å²) < 4.78 is 5.01. The van der Waals surface area contributed by atoms with Crippen molar-refractivity contribution in [2.75, 3.05) is 38.5 Å². The molecule has 3 amide bonds. The lowest BCUT2D eigenvalue weighted by Crippen LogP contribution is -2.51. The van der Waals surface area contributed by atoms with Gasteiger partial charge in [-0.3, -0.25) is 19.2 Å². The minimum absolute atomic E-state index is 0.0569. The molecule has 0 saturated carbocycles. The number of aliphatic carboxylic acids is 2. The third-order valence-electron chi connectivity index (χ3n) is 6.57. The maximum Gasteiger partial charge on any atom is 0.409 e. The van der Waals surface area contributed by atoms with Gasteiger partial charge in [-0.25, -0.2) is 9.78 Å². The van der Waals surface area contributed by atoms with E-state index in [0.717, 1.165) is 0 Å². The predicted molar refractivity (Wildman–Crippen MR) is 136 cm³/mol. The van der Waals surface area contributed by atoms with E-state index in [1.807, 2.05) is 0 Å². The SMILES string of the molecule is CCOC(=O)N1CCN(C(=O)C(CCC(=O)O)c2nc3ccc(C(N)=O)c(C)c3c(CC(=O)O)c2N)CC1. The lowest BCUT2D eigenvalue weighted by atomic mass is 9.89. The zero-order valence-corrected chi connectivity index (χ0v) is 21.2. The number of rotatable bonds is 9. The van der Waals surface area contributed by atoms with Gasteiger partial charge in [0.2, 0.25) is 11.8 Å². The molecule has 2 heterocycles. The Morgan fingerprint density at radius 3 is 2.24 bits per heavy atom. The minimum atomic E-state index is -1.19. The van der Waals surface area contributed by atoms with Gasteiger partial charge >= 0.3 is 18.0 Å². The van der Waals surface area contributed by atoms with E-state index in [2.05, 4.69) is 4.98 Å². The first kappa shape index (κ1) is 28.2. The van der Waals surface area contributed by atoms with Crippen LogP contribution in [0.1, 0.15) is 52.9 Å². The molecule has 1 unspecified atom stereocenters. The maximum atomic E-state index is 13.7. The molecular formula is C25H31N5O8. The number of hydrogen-bond donors (Lipinski definition) is 4. The number of pyridine rings is 1. The number of nitrogen functional groups attached to an aromatic ring is 1. The highest BCUT2D eigenvalue weighted by Crippen LogP contribution is 2.36. The Balaban J connectivity index is 2.08. The van der Waals surface area contributed by atoms with Crippen LogP contribution < -0.4 is 11.5 Å². The van der Waals surface area contributed by atoms with Crippen molar-refractivity contribution in [3.8, 4) is 0 Å². The molecule has 1 saturated heterocycles. The van der Waals surface area contributed by atoms with Crippen molar-refractivity contribution >= 4 is 46.4 Å². The largest absolute Gasteiger partial charge is 0.481 e. The summed E-state index contributed by atoms with van der Waals surface area (Å²) >= 11 is 0. The van der Waals surface area contributed by atoms with Gasteiger partial charge in [-0.2, -0.15) is 0 Å². The molecule has 2 aromatic rings. The molecule has 13 nitrogen and oxygen atoms in total. The van der Waals surface area contributed by atoms with Crippen LogP contribution in [-0.4, -0.2) is 87.6 Å². The molecule has 1 aromatic carbocycles. The van der Waals surface area contributed by atoms with E-state index in [4.69, 9.17) is 16.2 Å². The van der Waals surface area contributed by atoms with Crippen LogP contribution in [0.4, 0.5) is 10.5 Å². The van der Waals surface area contributed by atoms with Crippen LogP contribution in [0.15, 0.2) is 12.1 Å². The molecule has 0 spiro atoms. The number of fused-ring (bicyclic) bond motifs is 1. The smallest absolute Gasteiger partial charge is 0.409 e. The molecule has 1 atom stereocenters. The van der Waals surface area contributed by atoms with E-state index in [-0.39, 0.29) is 68.1 Å². The Labute approximate surface area is 218 Å². The van der Waals surface area contributed by atoms with Gasteiger partial charge in [-0.05, 0) is 43.5 Å². The van der Waals surface area contributed by atoms with E-state index < -0.39 is 42.2 Å². The van der Waals surface area contributed by atoms with E-state index in [9.17, 15) is 34.2 Å². The van der Waals surface area contributed by atoms with Crippen molar-refractivity contribution < 1.29 is 38.9 Å². The fourth-order valence-electron chi connectivity index (χ4n) is 4.71. The van der Waals surface area contributed by atoms with Crippen molar-refractivity contribution in [3.63, 3.8) is 0 Å². The van der Waals surface area contributed by atoms with Crippen molar-refractivity contribution in [1.82, 2.24) is 14.8 Å². The van der Waals surface area contributed by atoms with Gasteiger partial charge in [0.1, 0.15) is 0 Å². The highest BCUT2D eigenvalue weighted by Gasteiger charge is 2.34. The maximum absolute atomic E-state index is 13.7. The van der Waals surface area contributed by atoms with E-state index in [0.29, 0.717) is 16.5 Å². The van der Waals surface area contributed by atoms with Gasteiger partial charge in [-0.15, -0.1) is 0 Å². The van der Waals surface area contributed by atoms with Gasteiger partial charge in [0.15, 0.2) is 0 Å². The third-order valence-corrected chi connectivity index (χ3v) is 6.57. The number of piperazine rings is 1. The van der Waals surface area contributed by atoms with Gasteiger partial charge < -0.3 is 36.2 Å². The van der Waals surface area contributed by atoms with Crippen molar-refractivity contribution in [2.45, 2.75) is 39.0 Å². The summed E-state index contributed by atoms with van der Waals surface area (Å²) in [5.74, 6) is -4.53. The molecule has 0 aliphatic carbocycles. The Bertz CT molecular complexity index is 1290. The fourth-order valence-corrected chi connectivity index (χ4v) is 4.71. The predicted octanol–water partition coefficient (Wildman–Crippen LogP) is 1.10. The monoisotopic (exact) mass is 529 g/mol. The van der Waals surface area contributed by atoms with Gasteiger partial charge in [-0.1, -0.05) is 0 Å². The van der Waals surface area contributed by atoms with Crippen LogP contribution in [0.2, 0.25) is 0 Å². The number of benzene rings is 1. The molecule has 0 bridgehead atoms. The van der Waals surface area contributed by atoms with E-state index in [1.54, 1.807) is 13.8 Å². The number of nitrogens with zero attached hydrogens (tertiary/aromatic N) is 3. The Kier molecular flexibility index (Phi) is 8.71. The number of carbonyl (C=O) groups is 5. The van der Waals surface area contributed by atoms with Gasteiger partial charge in [0, 0.05) is 43.5 Å². The third kappa shape index (κ3) is 5.93. The normalized spacial score (nSPS) is 14.3. The summed E-state index contributed by atoms with van der Waals surface area (Å²) in [5.41, 5.74) is 13.0. The Morgan fingerprint density at radius 1 is 1.05 bits per heavy atom. The number of aromatic nitrogens is 1. The molecule has 38 heavy (non-hydrogen) atoms. The van der Waals surface area contributed by atoms with Crippen LogP contribution in [0.3, 0.4) is 0 Å². The molecule has 1 aliphatic rings. The fraction of sp³-hybridized carbons (Fsp3) is 0.440. The number of ether oxygens (including phenoxy) is 1. The number of carboxylic acids is 2. The van der Waals surface area contributed by atoms with Crippen LogP contribution in [0.25, 0.3) is 10.9 Å². The number of nitrogens with two attached hydrogens (primary N) is 2. The summed E-state index contributed by atoms with van der Waals surface area (Å²) in [6.45, 7) is 4.37. The lowest BCUT2D eigenvalue weighted by Gasteiger charge is -2.36. The lowest BCUT2D eigenvalue weighted by molar-refractivity contribution is -0.138. The molecular weight excluding hydrogens is 498 g/mol. The van der Waals surface area contributed by atoms with Crippen LogP contribution in [-0.2, 0) is 25.5 Å². The highest BCUT2D eigenvalue weighted by molar-refractivity contribution is 6.03. The average molecular weight is 530 g/mol. The van der Waals surface area contributed by atoms with Crippen molar-refractivity contribution in [1.29, 1.82) is 0 Å². The first-order chi connectivity index (χ1) is 18.0. The molecule has 6 N–H and O–H groups in total. The number of anilines is 1. The van der Waals surface area contributed by atoms with Crippen molar-refractivity contribution in [3.05, 3.63) is 34.5 Å². The molecule has 1 aliphatic heterocycles. The summed E-state index contributed by atoms with van der Waals surface area (Å²) in [4.78, 5) is 68.3. The van der Waals surface area contributed by atoms with Gasteiger partial charge in [0.25, 0.3) is 0 Å². The zero-order chi connectivity index (χ0) is 28.1. The average Bonchev–Trinajstić information content (AvgIpc) is 2.85. The second-order valence-corrected chi connectivity index (χ2v) is 8.95. The quantitative estimate of drug-likeness (QED) is 0.364. The zero-order valence-electron chi connectivity index (χ0n) is 21.2. The highest BCUT2D eigenvalue weighted by atomic mass is 16.6. The van der Waals surface area contributed by atoms with Crippen LogP contribution >= 0.6 is 0 Å². The molecule has 0 radical (unpaired) electrons. The van der Waals surface area contributed by atoms with Crippen LogP contribution in [0, 0.1) is 6.92 Å². The number of aryl methyl sites for hydroxylation is 1. The number of primary amides is 1. The topological polar surface area (TPSA) is 206 Å². The second kappa shape index (κ2) is 11.8. The molecule has 13 heteroatoms. The summed E-state index contributed by atoms with van der Waals surface area (Å²) in [7, 11) is 0. The number of hydrogen-bond acceptors (Lipinski definition) is 8. The molecule has 204 valence electrons. The number of amides is 3. The first-order valence-corrected chi connectivity index (χ1v) is 12.1.